The van der Waals surface area contributed by atoms with Crippen LogP contribution in [0.3, 0.4) is 0 Å². The zero-order valence-corrected chi connectivity index (χ0v) is 17.5. The van der Waals surface area contributed by atoms with Crippen LogP contribution in [0.5, 0.6) is 5.88 Å². The molecule has 7 nitrogen and oxygen atoms in total. The summed E-state index contributed by atoms with van der Waals surface area (Å²) >= 11 is 0. The van der Waals surface area contributed by atoms with Gasteiger partial charge in [-0.15, -0.1) is 0 Å². The fraction of sp³-hybridized carbons (Fsp3) is 0.250. The lowest BCUT2D eigenvalue weighted by molar-refractivity contribution is 0.215. The van der Waals surface area contributed by atoms with Crippen molar-refractivity contribution in [3.05, 3.63) is 91.8 Å². The molecule has 3 N–H and O–H groups in total. The molecule has 0 unspecified atom stereocenters. The number of aromatic nitrogens is 3. The Morgan fingerprint density at radius 3 is 2.58 bits per heavy atom. The van der Waals surface area contributed by atoms with Gasteiger partial charge in [-0.1, -0.05) is 43.3 Å². The Balaban J connectivity index is 1.81. The second-order valence-corrected chi connectivity index (χ2v) is 7.96. The molecule has 0 radical (unpaired) electrons. The zero-order valence-electron chi connectivity index (χ0n) is 17.5. The summed E-state index contributed by atoms with van der Waals surface area (Å²) in [6.45, 7) is 5.34. The number of nitrogens with one attached hydrogen (secondary N) is 2. The van der Waals surface area contributed by atoms with Gasteiger partial charge in [0, 0.05) is 23.1 Å². The number of hydrogen-bond donors (Lipinski definition) is 3. The number of aromatic amines is 2. The van der Waals surface area contributed by atoms with E-state index in [0.717, 1.165) is 40.7 Å². The number of benzene rings is 2. The molecule has 1 atom stereocenters. The van der Waals surface area contributed by atoms with Gasteiger partial charge in [0.25, 0.3) is 5.56 Å². The lowest BCUT2D eigenvalue weighted by Crippen LogP contribution is -2.41. The summed E-state index contributed by atoms with van der Waals surface area (Å²) in [6, 6.07) is 14.9. The molecular formula is C24H24N4O3. The predicted octanol–water partition coefficient (Wildman–Crippen LogP) is 2.99. The molecule has 1 aliphatic heterocycles. The maximum atomic E-state index is 13.0. The molecule has 2 aromatic heterocycles. The average Bonchev–Trinajstić information content (AvgIpc) is 3.14. The van der Waals surface area contributed by atoms with Gasteiger partial charge in [0.05, 0.1) is 11.7 Å². The fourth-order valence-electron chi connectivity index (χ4n) is 4.78. The highest BCUT2D eigenvalue weighted by atomic mass is 16.3. The Labute approximate surface area is 178 Å². The van der Waals surface area contributed by atoms with Crippen molar-refractivity contribution in [3.63, 3.8) is 0 Å². The number of fused-ring (bicyclic) bond motifs is 3. The Morgan fingerprint density at radius 2 is 1.81 bits per heavy atom. The SMILES string of the molecule is CCN1CCc2c([nH]c3ccccc23)[C@H]1c1c(O)n(-c2ccccc2C)c(=O)[nH]c1=O. The quantitative estimate of drug-likeness (QED) is 0.479. The summed E-state index contributed by atoms with van der Waals surface area (Å²) in [4.78, 5) is 33.8. The highest BCUT2D eigenvalue weighted by Crippen LogP contribution is 2.39. The van der Waals surface area contributed by atoms with E-state index in [4.69, 9.17) is 0 Å². The first kappa shape index (κ1) is 19.4. The van der Waals surface area contributed by atoms with E-state index >= 15 is 0 Å². The van der Waals surface area contributed by atoms with E-state index in [1.165, 1.54) is 4.57 Å². The molecule has 31 heavy (non-hydrogen) atoms. The van der Waals surface area contributed by atoms with Gasteiger partial charge >= 0.3 is 5.69 Å². The van der Waals surface area contributed by atoms with Crippen molar-refractivity contribution >= 4 is 10.9 Å². The van der Waals surface area contributed by atoms with Crippen LogP contribution in [0, 0.1) is 6.92 Å². The van der Waals surface area contributed by atoms with E-state index in [1.807, 2.05) is 44.2 Å². The molecule has 0 aliphatic carbocycles. The first-order chi connectivity index (χ1) is 15.0. The lowest BCUT2D eigenvalue weighted by Gasteiger charge is -2.35. The predicted molar refractivity (Wildman–Crippen MR) is 120 cm³/mol. The third-order valence-electron chi connectivity index (χ3n) is 6.29. The largest absolute Gasteiger partial charge is 0.494 e. The average molecular weight is 416 g/mol. The molecule has 0 amide bonds. The van der Waals surface area contributed by atoms with Crippen LogP contribution in [0.1, 0.15) is 35.3 Å². The van der Waals surface area contributed by atoms with Crippen LogP contribution in [0.25, 0.3) is 16.6 Å². The van der Waals surface area contributed by atoms with Gasteiger partial charge in [-0.2, -0.15) is 0 Å². The third kappa shape index (κ3) is 2.92. The fourth-order valence-corrected chi connectivity index (χ4v) is 4.78. The minimum Gasteiger partial charge on any atom is -0.494 e. The van der Waals surface area contributed by atoms with Crippen molar-refractivity contribution < 1.29 is 5.11 Å². The Kier molecular flexibility index (Phi) is 4.55. The summed E-state index contributed by atoms with van der Waals surface area (Å²) in [7, 11) is 0. The minimum absolute atomic E-state index is 0.178. The molecule has 0 bridgehead atoms. The van der Waals surface area contributed by atoms with Crippen LogP contribution < -0.4 is 11.2 Å². The number of likely N-dealkylation sites (N-methyl/N-ethyl adjacent to an activating group) is 1. The third-order valence-corrected chi connectivity index (χ3v) is 6.29. The van der Waals surface area contributed by atoms with Crippen molar-refractivity contribution in [1.82, 2.24) is 19.4 Å². The van der Waals surface area contributed by atoms with Crippen molar-refractivity contribution in [2.75, 3.05) is 13.1 Å². The van der Waals surface area contributed by atoms with Gasteiger partial charge in [0.15, 0.2) is 0 Å². The van der Waals surface area contributed by atoms with Gasteiger partial charge < -0.3 is 10.1 Å². The number of para-hydroxylation sites is 2. The van der Waals surface area contributed by atoms with Crippen LogP contribution in [0.4, 0.5) is 0 Å². The molecule has 2 aromatic carbocycles. The van der Waals surface area contributed by atoms with Gasteiger partial charge in [0.2, 0.25) is 5.88 Å². The maximum Gasteiger partial charge on any atom is 0.335 e. The number of aryl methyl sites for hydroxylation is 1. The standard InChI is InChI=1S/C24H24N4O3/c1-3-27-13-12-16-15-9-5-6-10-17(15)25-20(16)21(27)19-22(29)26-24(31)28(23(19)30)18-11-7-4-8-14(18)2/h4-11,21,25,30H,3,12-13H2,1-2H3,(H,26,29,31)/t21-/m1/s1. The van der Waals surface area contributed by atoms with Gasteiger partial charge in [0.1, 0.15) is 5.56 Å². The molecule has 5 rings (SSSR count). The van der Waals surface area contributed by atoms with E-state index in [-0.39, 0.29) is 11.4 Å². The minimum atomic E-state index is -0.656. The molecule has 4 aromatic rings. The van der Waals surface area contributed by atoms with Crippen LogP contribution in [0.2, 0.25) is 0 Å². The molecule has 1 aliphatic rings. The highest BCUT2D eigenvalue weighted by Gasteiger charge is 2.35. The van der Waals surface area contributed by atoms with Gasteiger partial charge in [-0.05, 0) is 43.1 Å². The van der Waals surface area contributed by atoms with E-state index < -0.39 is 17.3 Å². The number of hydrogen-bond acceptors (Lipinski definition) is 4. The first-order valence-electron chi connectivity index (χ1n) is 10.5. The summed E-state index contributed by atoms with van der Waals surface area (Å²) in [5.74, 6) is -0.321. The Bertz CT molecular complexity index is 1410. The molecular weight excluding hydrogens is 392 g/mol. The van der Waals surface area contributed by atoms with Crippen LogP contribution in [-0.4, -0.2) is 37.6 Å². The molecule has 7 heteroatoms. The Hall–Kier alpha value is -3.58. The van der Waals surface area contributed by atoms with Crippen LogP contribution >= 0.6 is 0 Å². The van der Waals surface area contributed by atoms with Gasteiger partial charge in [-0.3, -0.25) is 14.7 Å². The molecule has 0 fully saturated rings. The summed E-state index contributed by atoms with van der Waals surface area (Å²) < 4.78 is 1.19. The normalized spacial score (nSPS) is 16.5. The second kappa shape index (κ2) is 7.28. The second-order valence-electron chi connectivity index (χ2n) is 7.96. The monoisotopic (exact) mass is 416 g/mol. The molecule has 158 valence electrons. The number of aromatic hydroxyl groups is 1. The van der Waals surface area contributed by atoms with Crippen LogP contribution in [0.15, 0.2) is 58.1 Å². The van der Waals surface area contributed by atoms with E-state index in [2.05, 4.69) is 20.9 Å². The number of rotatable bonds is 3. The van der Waals surface area contributed by atoms with Crippen LogP contribution in [-0.2, 0) is 6.42 Å². The lowest BCUT2D eigenvalue weighted by atomic mass is 9.93. The Morgan fingerprint density at radius 1 is 1.06 bits per heavy atom. The molecule has 0 spiro atoms. The topological polar surface area (TPSA) is 94.1 Å². The summed E-state index contributed by atoms with van der Waals surface area (Å²) in [5, 5.41) is 12.4. The zero-order chi connectivity index (χ0) is 21.7. The molecule has 0 saturated heterocycles. The number of nitrogens with zero attached hydrogens (tertiary/aromatic N) is 2. The van der Waals surface area contributed by atoms with E-state index in [9.17, 15) is 14.7 Å². The summed E-state index contributed by atoms with van der Waals surface area (Å²) in [5.41, 5.74) is 3.36. The smallest absolute Gasteiger partial charge is 0.335 e. The van der Waals surface area contributed by atoms with Crippen molar-refractivity contribution in [2.24, 2.45) is 0 Å². The van der Waals surface area contributed by atoms with Crippen molar-refractivity contribution in [3.8, 4) is 11.6 Å². The first-order valence-corrected chi connectivity index (χ1v) is 10.5. The molecule has 3 heterocycles. The van der Waals surface area contributed by atoms with Crippen molar-refractivity contribution in [1.29, 1.82) is 0 Å². The van der Waals surface area contributed by atoms with Crippen molar-refractivity contribution in [2.45, 2.75) is 26.3 Å². The molecule has 0 saturated carbocycles. The van der Waals surface area contributed by atoms with E-state index in [1.54, 1.807) is 12.1 Å². The van der Waals surface area contributed by atoms with Gasteiger partial charge in [-0.25, -0.2) is 9.36 Å². The van der Waals surface area contributed by atoms with E-state index in [0.29, 0.717) is 12.2 Å². The maximum absolute atomic E-state index is 13.0. The number of H-pyrrole nitrogens is 2. The summed E-state index contributed by atoms with van der Waals surface area (Å²) in [6.07, 6.45) is 0.847. The highest BCUT2D eigenvalue weighted by molar-refractivity contribution is 5.85.